The van der Waals surface area contributed by atoms with E-state index in [0.717, 1.165) is 50.5 Å². The van der Waals surface area contributed by atoms with E-state index in [1.54, 1.807) is 34.5 Å². The molecule has 1 aromatic carbocycles. The molecule has 0 spiro atoms. The number of benzene rings is 1. The molecule has 1 saturated carbocycles. The summed E-state index contributed by atoms with van der Waals surface area (Å²) in [4.78, 5) is 71.2. The van der Waals surface area contributed by atoms with Crippen LogP contribution in [0.25, 0.3) is 0 Å². The van der Waals surface area contributed by atoms with Crippen molar-refractivity contribution in [1.29, 1.82) is 0 Å². The molecule has 2 saturated heterocycles. The van der Waals surface area contributed by atoms with Crippen LogP contribution in [0, 0.1) is 17.3 Å². The Morgan fingerprint density at radius 2 is 1.89 bits per heavy atom. The van der Waals surface area contributed by atoms with Crippen molar-refractivity contribution in [2.75, 3.05) is 32.8 Å². The number of hydrogen-bond acceptors (Lipinski definition) is 11. The van der Waals surface area contributed by atoms with E-state index in [-0.39, 0.29) is 43.9 Å². The number of thiazole rings is 1. The lowest BCUT2D eigenvalue weighted by Gasteiger charge is -2.56. The zero-order valence-electron chi connectivity index (χ0n) is 32.9. The molecule has 2 aliphatic heterocycles. The average molecular weight is 784 g/mol. The standard InChI is InChI=1S/C41H61N5O8S/c1-5-6-9-18-33(48)46-35(32-25-55-27-42-32)34(39(51)54-43-26-41(19-21-47,40(3,4)52)36(46)30-16-12-8-13-17-30)44-37(49)28(2)38(50)45-20-22-53-31(24-45)23-29-14-10-7-11-15-29/h7,10-11,14-15,25,27-28,30-31,34-36,43,47,52H,5-6,8-9,12-13,16-24,26H2,1-4H3,(H,44,49). The van der Waals surface area contributed by atoms with Gasteiger partial charge < -0.3 is 34.9 Å². The van der Waals surface area contributed by atoms with Crippen LogP contribution in [0.4, 0.5) is 0 Å². The molecular formula is C41H61N5O8S. The van der Waals surface area contributed by atoms with Gasteiger partial charge in [0.2, 0.25) is 17.7 Å². The molecule has 6 unspecified atom stereocenters. The highest BCUT2D eigenvalue weighted by Gasteiger charge is 2.58. The number of unbranched alkanes of at least 4 members (excludes halogenated alkanes) is 2. The second-order valence-corrected chi connectivity index (χ2v) is 16.8. The average Bonchev–Trinajstić information content (AvgIpc) is 3.72. The molecule has 3 heterocycles. The smallest absolute Gasteiger partial charge is 0.349 e. The first-order valence-corrected chi connectivity index (χ1v) is 21.1. The van der Waals surface area contributed by atoms with Gasteiger partial charge in [0.1, 0.15) is 12.0 Å². The van der Waals surface area contributed by atoms with Crippen LogP contribution in [-0.4, -0.2) is 105 Å². The van der Waals surface area contributed by atoms with Gasteiger partial charge in [0.05, 0.1) is 29.5 Å². The van der Waals surface area contributed by atoms with E-state index in [4.69, 9.17) is 9.57 Å². The van der Waals surface area contributed by atoms with Gasteiger partial charge in [-0.2, -0.15) is 5.48 Å². The van der Waals surface area contributed by atoms with Crippen LogP contribution < -0.4 is 10.8 Å². The highest BCUT2D eigenvalue weighted by molar-refractivity contribution is 7.07. The molecule has 6 atom stereocenters. The molecule has 55 heavy (non-hydrogen) atoms. The Bertz CT molecular complexity index is 1550. The molecule has 1 aliphatic carbocycles. The van der Waals surface area contributed by atoms with E-state index in [2.05, 4.69) is 22.7 Å². The number of nitrogens with one attached hydrogen (secondary N) is 2. The quantitative estimate of drug-likeness (QED) is 0.160. The third-order valence-corrected chi connectivity index (χ3v) is 12.6. The SMILES string of the molecule is CCCCCC(=O)N1C(c2cscn2)C(NC(=O)C(C)C(=O)N2CCOC(Cc3ccccc3)C2)C(=O)ONCC(CCO)(C(C)(C)O)C1C1CCCCC1. The molecule has 3 fully saturated rings. The number of amides is 3. The Morgan fingerprint density at radius 3 is 2.55 bits per heavy atom. The predicted octanol–water partition coefficient (Wildman–Crippen LogP) is 4.33. The van der Waals surface area contributed by atoms with Gasteiger partial charge in [0.15, 0.2) is 6.04 Å². The maximum absolute atomic E-state index is 15.0. The Kier molecular flexibility index (Phi) is 15.2. The van der Waals surface area contributed by atoms with Crippen molar-refractivity contribution >= 4 is 35.0 Å². The van der Waals surface area contributed by atoms with Gasteiger partial charge in [0, 0.05) is 55.9 Å². The summed E-state index contributed by atoms with van der Waals surface area (Å²) in [5.74, 6) is -3.44. The minimum Gasteiger partial charge on any atom is -0.396 e. The monoisotopic (exact) mass is 783 g/mol. The minimum atomic E-state index is -1.47. The topological polar surface area (TPSA) is 171 Å². The van der Waals surface area contributed by atoms with Crippen LogP contribution in [0.15, 0.2) is 41.2 Å². The third kappa shape index (κ3) is 10.1. The van der Waals surface area contributed by atoms with Gasteiger partial charge in [0.25, 0.3) is 0 Å². The van der Waals surface area contributed by atoms with Crippen LogP contribution in [0.2, 0.25) is 0 Å². The van der Waals surface area contributed by atoms with Crippen molar-refractivity contribution in [2.45, 2.75) is 128 Å². The predicted molar refractivity (Wildman–Crippen MR) is 208 cm³/mol. The number of aromatic nitrogens is 1. The second-order valence-electron chi connectivity index (χ2n) is 16.1. The molecule has 1 aromatic heterocycles. The number of carbonyl (C=O) groups is 4. The van der Waals surface area contributed by atoms with Crippen molar-refractivity contribution in [3.8, 4) is 0 Å². The number of aliphatic hydroxyl groups excluding tert-OH is 1. The summed E-state index contributed by atoms with van der Waals surface area (Å²) in [6, 6.07) is 6.60. The normalized spacial score (nSPS) is 26.3. The van der Waals surface area contributed by atoms with Crippen LogP contribution >= 0.6 is 11.3 Å². The number of hydroxylamine groups is 1. The highest BCUT2D eigenvalue weighted by atomic mass is 32.1. The fraction of sp³-hybridized carbons (Fsp3) is 0.683. The van der Waals surface area contributed by atoms with Crippen LogP contribution in [0.5, 0.6) is 0 Å². The highest BCUT2D eigenvalue weighted by Crippen LogP contribution is 2.50. The summed E-state index contributed by atoms with van der Waals surface area (Å²) >= 11 is 1.30. The van der Waals surface area contributed by atoms with E-state index in [9.17, 15) is 29.4 Å². The number of aliphatic hydroxyl groups is 2. The first-order valence-electron chi connectivity index (χ1n) is 20.1. The van der Waals surface area contributed by atoms with Crippen molar-refractivity contribution in [1.82, 2.24) is 25.6 Å². The maximum atomic E-state index is 15.0. The molecule has 3 amide bonds. The lowest BCUT2D eigenvalue weighted by atomic mass is 9.60. The molecule has 4 N–H and O–H groups in total. The summed E-state index contributed by atoms with van der Waals surface area (Å²) in [5, 5.41) is 27.4. The van der Waals surface area contributed by atoms with Gasteiger partial charge in [-0.25, -0.2) is 9.78 Å². The molecule has 14 heteroatoms. The number of nitrogens with zero attached hydrogens (tertiary/aromatic N) is 3. The molecule has 304 valence electrons. The summed E-state index contributed by atoms with van der Waals surface area (Å²) in [6.45, 7) is 7.58. The zero-order valence-corrected chi connectivity index (χ0v) is 33.7. The number of carbonyl (C=O) groups excluding carboxylic acids is 4. The number of ether oxygens (including phenoxy) is 1. The number of hydrogen-bond donors (Lipinski definition) is 4. The maximum Gasteiger partial charge on any atom is 0.349 e. The largest absolute Gasteiger partial charge is 0.396 e. The van der Waals surface area contributed by atoms with Crippen LogP contribution in [0.1, 0.15) is 109 Å². The summed E-state index contributed by atoms with van der Waals surface area (Å²) in [6.07, 6.45) is 7.44. The Labute approximate surface area is 329 Å². The number of morpholine rings is 1. The first kappa shape index (κ1) is 42.7. The summed E-state index contributed by atoms with van der Waals surface area (Å²) < 4.78 is 5.98. The van der Waals surface area contributed by atoms with Crippen molar-refractivity contribution < 1.29 is 39.0 Å². The fourth-order valence-corrected chi connectivity index (χ4v) is 9.53. The van der Waals surface area contributed by atoms with Crippen molar-refractivity contribution in [3.63, 3.8) is 0 Å². The molecule has 0 radical (unpaired) electrons. The Balaban J connectivity index is 1.54. The van der Waals surface area contributed by atoms with E-state index >= 15 is 0 Å². The van der Waals surface area contributed by atoms with Gasteiger partial charge >= 0.3 is 5.97 Å². The zero-order chi connectivity index (χ0) is 39.6. The van der Waals surface area contributed by atoms with Crippen LogP contribution in [0.3, 0.4) is 0 Å². The van der Waals surface area contributed by atoms with E-state index < -0.39 is 52.8 Å². The molecule has 13 nitrogen and oxygen atoms in total. The van der Waals surface area contributed by atoms with E-state index in [1.807, 2.05) is 30.3 Å². The Hall–Kier alpha value is -3.43. The van der Waals surface area contributed by atoms with Crippen molar-refractivity contribution in [2.24, 2.45) is 17.3 Å². The van der Waals surface area contributed by atoms with Gasteiger partial charge in [-0.1, -0.05) is 69.4 Å². The fourth-order valence-electron chi connectivity index (χ4n) is 8.95. The lowest BCUT2D eigenvalue weighted by molar-refractivity contribution is -0.167. The minimum absolute atomic E-state index is 0.0524. The van der Waals surface area contributed by atoms with Crippen LogP contribution in [-0.2, 0) is 35.2 Å². The van der Waals surface area contributed by atoms with E-state index in [1.165, 1.54) is 18.3 Å². The molecule has 5 rings (SSSR count). The first-order chi connectivity index (χ1) is 26.4. The van der Waals surface area contributed by atoms with E-state index in [0.29, 0.717) is 38.2 Å². The Morgan fingerprint density at radius 1 is 1.15 bits per heavy atom. The van der Waals surface area contributed by atoms with Gasteiger partial charge in [-0.3, -0.25) is 14.4 Å². The second kappa shape index (κ2) is 19.6. The van der Waals surface area contributed by atoms with Crippen molar-refractivity contribution in [3.05, 3.63) is 52.5 Å². The molecule has 0 bridgehead atoms. The summed E-state index contributed by atoms with van der Waals surface area (Å²) in [5.41, 5.74) is 3.26. The third-order valence-electron chi connectivity index (χ3n) is 12.0. The summed E-state index contributed by atoms with van der Waals surface area (Å²) in [7, 11) is 0. The molecule has 3 aliphatic rings. The lowest BCUT2D eigenvalue weighted by Crippen LogP contribution is -2.67. The van der Waals surface area contributed by atoms with Gasteiger partial charge in [-0.15, -0.1) is 11.3 Å². The molecular weight excluding hydrogens is 723 g/mol. The van der Waals surface area contributed by atoms with Gasteiger partial charge in [-0.05, 0) is 57.9 Å². The number of rotatable bonds is 14. The molecule has 2 aromatic rings.